The summed E-state index contributed by atoms with van der Waals surface area (Å²) in [7, 11) is 0. The molecule has 0 aromatic heterocycles. The van der Waals surface area contributed by atoms with E-state index in [0.29, 0.717) is 24.8 Å². The van der Waals surface area contributed by atoms with Crippen molar-refractivity contribution < 1.29 is 22.8 Å². The number of halogens is 3. The van der Waals surface area contributed by atoms with Gasteiger partial charge in [0.2, 0.25) is 5.91 Å². The molecule has 2 aromatic rings. The Kier molecular flexibility index (Phi) is 6.54. The van der Waals surface area contributed by atoms with E-state index in [1.165, 1.54) is 0 Å². The zero-order valence-electron chi connectivity index (χ0n) is 18.1. The highest BCUT2D eigenvalue weighted by atomic mass is 19.4. The second-order valence-electron chi connectivity index (χ2n) is 8.53. The van der Waals surface area contributed by atoms with E-state index in [2.05, 4.69) is 4.99 Å². The van der Waals surface area contributed by atoms with Gasteiger partial charge in [0.15, 0.2) is 0 Å². The van der Waals surface area contributed by atoms with Gasteiger partial charge in [0, 0.05) is 18.0 Å². The van der Waals surface area contributed by atoms with Crippen molar-refractivity contribution in [2.24, 2.45) is 10.9 Å². The maximum absolute atomic E-state index is 14.5. The third-order valence-corrected chi connectivity index (χ3v) is 6.27. The first-order valence-corrected chi connectivity index (χ1v) is 11.2. The fourth-order valence-electron chi connectivity index (χ4n) is 4.44. The fraction of sp³-hybridized carbons (Fsp3) is 0.400. The van der Waals surface area contributed by atoms with Gasteiger partial charge in [0.25, 0.3) is 5.91 Å². The van der Waals surface area contributed by atoms with Crippen molar-refractivity contribution in [1.82, 2.24) is 10.2 Å². The van der Waals surface area contributed by atoms with E-state index in [4.69, 9.17) is 0 Å². The molecular formula is C25H26F3N3O2. The molecule has 1 atom stereocenters. The van der Waals surface area contributed by atoms with Crippen molar-refractivity contribution >= 4 is 17.6 Å². The van der Waals surface area contributed by atoms with Gasteiger partial charge < -0.3 is 5.32 Å². The van der Waals surface area contributed by atoms with Gasteiger partial charge >= 0.3 is 11.8 Å². The van der Waals surface area contributed by atoms with Crippen LogP contribution >= 0.6 is 0 Å². The number of aliphatic imine (C=N–C) groups is 1. The lowest BCUT2D eigenvalue weighted by Crippen LogP contribution is -2.64. The number of nitrogens with zero attached hydrogens (tertiary/aromatic N) is 2. The van der Waals surface area contributed by atoms with Crippen LogP contribution in [-0.4, -0.2) is 40.9 Å². The van der Waals surface area contributed by atoms with Crippen LogP contribution in [0.15, 0.2) is 65.7 Å². The van der Waals surface area contributed by atoms with Crippen molar-refractivity contribution in [3.63, 3.8) is 0 Å². The molecule has 174 valence electrons. The highest BCUT2D eigenvalue weighted by molar-refractivity contribution is 6.16. The summed E-state index contributed by atoms with van der Waals surface area (Å²) in [6.45, 7) is 0.00764. The molecule has 0 unspecified atom stereocenters. The number of nitrogens with one attached hydrogen (secondary N) is 1. The fourth-order valence-corrected chi connectivity index (χ4v) is 4.44. The Morgan fingerprint density at radius 2 is 1.61 bits per heavy atom. The van der Waals surface area contributed by atoms with E-state index < -0.39 is 29.6 Å². The number of carbonyl (C=O) groups is 2. The van der Waals surface area contributed by atoms with Crippen molar-refractivity contribution in [3.8, 4) is 0 Å². The lowest BCUT2D eigenvalue weighted by molar-refractivity contribution is -0.200. The number of hydrogen-bond donors (Lipinski definition) is 1. The average molecular weight is 457 g/mol. The summed E-state index contributed by atoms with van der Waals surface area (Å²) < 4.78 is 43.4. The van der Waals surface area contributed by atoms with Crippen molar-refractivity contribution in [2.75, 3.05) is 6.54 Å². The first-order valence-electron chi connectivity index (χ1n) is 11.2. The normalized spacial score (nSPS) is 21.7. The third-order valence-electron chi connectivity index (χ3n) is 6.27. The van der Waals surface area contributed by atoms with Crippen LogP contribution in [-0.2, 0) is 16.0 Å². The summed E-state index contributed by atoms with van der Waals surface area (Å²) in [4.78, 5) is 31.2. The van der Waals surface area contributed by atoms with Crippen LogP contribution in [0.2, 0.25) is 0 Å². The molecule has 4 rings (SSSR count). The van der Waals surface area contributed by atoms with Gasteiger partial charge in [0.1, 0.15) is 5.84 Å². The molecule has 0 spiro atoms. The summed E-state index contributed by atoms with van der Waals surface area (Å²) in [6.07, 6.45) is -1.18. The molecule has 2 aromatic carbocycles. The summed E-state index contributed by atoms with van der Waals surface area (Å²) >= 11 is 0. The van der Waals surface area contributed by atoms with Crippen LogP contribution in [0.25, 0.3) is 0 Å². The minimum absolute atomic E-state index is 0.00764. The first kappa shape index (κ1) is 23.0. The zero-order valence-corrected chi connectivity index (χ0v) is 18.1. The number of benzene rings is 2. The van der Waals surface area contributed by atoms with E-state index in [1.54, 1.807) is 30.3 Å². The van der Waals surface area contributed by atoms with E-state index in [1.807, 2.05) is 35.6 Å². The van der Waals surface area contributed by atoms with E-state index in [0.717, 1.165) is 29.7 Å². The van der Waals surface area contributed by atoms with E-state index >= 15 is 0 Å². The number of amidine groups is 1. The number of rotatable bonds is 6. The molecule has 0 bridgehead atoms. The SMILES string of the molecule is O=C(N[C@@]1(C(F)(F)F)N=C(c2ccccc2)N(CCc2ccccc2)C1=O)C1CCCCC1. The molecule has 2 aliphatic rings. The second-order valence-corrected chi connectivity index (χ2v) is 8.53. The Hall–Kier alpha value is -3.16. The van der Waals surface area contributed by atoms with Gasteiger partial charge in [-0.05, 0) is 24.8 Å². The molecule has 1 N–H and O–H groups in total. The Labute approximate surface area is 190 Å². The predicted molar refractivity (Wildman–Crippen MR) is 118 cm³/mol. The highest BCUT2D eigenvalue weighted by Gasteiger charge is 2.67. The third kappa shape index (κ3) is 4.65. The summed E-state index contributed by atoms with van der Waals surface area (Å²) in [5, 5.41) is 2.04. The molecule has 33 heavy (non-hydrogen) atoms. The van der Waals surface area contributed by atoms with Gasteiger partial charge in [-0.1, -0.05) is 79.9 Å². The highest BCUT2D eigenvalue weighted by Crippen LogP contribution is 2.39. The molecular weight excluding hydrogens is 431 g/mol. The van der Waals surface area contributed by atoms with Gasteiger partial charge in [-0.2, -0.15) is 13.2 Å². The van der Waals surface area contributed by atoms with Gasteiger partial charge in [0.05, 0.1) is 0 Å². The zero-order chi connectivity index (χ0) is 23.5. The van der Waals surface area contributed by atoms with Crippen LogP contribution in [0.4, 0.5) is 13.2 Å². The summed E-state index contributed by atoms with van der Waals surface area (Å²) in [5.41, 5.74) is -2.05. The van der Waals surface area contributed by atoms with Crippen molar-refractivity contribution in [1.29, 1.82) is 0 Å². The summed E-state index contributed by atoms with van der Waals surface area (Å²) in [6, 6.07) is 17.5. The lowest BCUT2D eigenvalue weighted by Gasteiger charge is -2.31. The molecule has 0 radical (unpaired) electrons. The van der Waals surface area contributed by atoms with Gasteiger partial charge in [-0.15, -0.1) is 0 Å². The van der Waals surface area contributed by atoms with Crippen molar-refractivity contribution in [2.45, 2.75) is 50.4 Å². The topological polar surface area (TPSA) is 61.8 Å². The molecule has 8 heteroatoms. The van der Waals surface area contributed by atoms with Gasteiger partial charge in [-0.3, -0.25) is 14.5 Å². The quantitative estimate of drug-likeness (QED) is 0.696. The van der Waals surface area contributed by atoms with Gasteiger partial charge in [-0.25, -0.2) is 4.99 Å². The minimum Gasteiger partial charge on any atom is -0.316 e. The number of hydrogen-bond acceptors (Lipinski definition) is 3. The largest absolute Gasteiger partial charge is 0.442 e. The number of amides is 2. The van der Waals surface area contributed by atoms with Crippen LogP contribution in [0, 0.1) is 5.92 Å². The van der Waals surface area contributed by atoms with Crippen molar-refractivity contribution in [3.05, 3.63) is 71.8 Å². The maximum Gasteiger partial charge on any atom is 0.442 e. The summed E-state index contributed by atoms with van der Waals surface area (Å²) in [5.74, 6) is -2.66. The molecule has 1 aliphatic carbocycles. The smallest absolute Gasteiger partial charge is 0.316 e. The van der Waals surface area contributed by atoms with E-state index in [9.17, 15) is 22.8 Å². The Morgan fingerprint density at radius 3 is 2.21 bits per heavy atom. The number of carbonyl (C=O) groups excluding carboxylic acids is 2. The van der Waals surface area contributed by atoms with Crippen LogP contribution < -0.4 is 5.32 Å². The van der Waals surface area contributed by atoms with Crippen LogP contribution in [0.3, 0.4) is 0 Å². The molecule has 2 amide bonds. The predicted octanol–water partition coefficient (Wildman–Crippen LogP) is 4.47. The Bertz CT molecular complexity index is 1020. The lowest BCUT2D eigenvalue weighted by atomic mass is 9.88. The van der Waals surface area contributed by atoms with Crippen LogP contribution in [0.5, 0.6) is 0 Å². The van der Waals surface area contributed by atoms with Crippen LogP contribution in [0.1, 0.15) is 43.2 Å². The molecule has 1 fully saturated rings. The maximum atomic E-state index is 14.5. The molecule has 1 saturated carbocycles. The van der Waals surface area contributed by atoms with E-state index in [-0.39, 0.29) is 12.4 Å². The minimum atomic E-state index is -5.09. The Morgan fingerprint density at radius 1 is 1.00 bits per heavy atom. The standard InChI is InChI=1S/C25H26F3N3O2/c26-25(27,28)24(30-22(32)20-14-8-3-9-15-20)23(33)31(17-16-18-10-4-1-5-11-18)21(29-24)19-12-6-2-7-13-19/h1-2,4-7,10-13,20H,3,8-9,14-17H2,(H,30,32)/t24-/m0/s1. The average Bonchev–Trinajstić information content (AvgIpc) is 3.12. The monoisotopic (exact) mass is 457 g/mol. The molecule has 1 heterocycles. The Balaban J connectivity index is 1.69. The first-order chi connectivity index (χ1) is 15.8. The number of alkyl halides is 3. The molecule has 0 saturated heterocycles. The molecule has 1 aliphatic heterocycles. The second kappa shape index (κ2) is 9.37. The molecule has 5 nitrogen and oxygen atoms in total.